The van der Waals surface area contributed by atoms with Gasteiger partial charge in [-0.2, -0.15) is 18.3 Å². The maximum atomic E-state index is 13.6. The van der Waals surface area contributed by atoms with Crippen molar-refractivity contribution in [1.29, 1.82) is 0 Å². The second-order valence-electron chi connectivity index (χ2n) is 11.2. The topological polar surface area (TPSA) is 117 Å². The van der Waals surface area contributed by atoms with Crippen LogP contribution in [-0.2, 0) is 6.18 Å². The maximum absolute atomic E-state index is 13.6. The van der Waals surface area contributed by atoms with Crippen molar-refractivity contribution < 1.29 is 22.7 Å². The van der Waals surface area contributed by atoms with E-state index < -0.39 is 28.9 Å². The number of nitrogens with one attached hydrogen (secondary N) is 2. The van der Waals surface area contributed by atoms with E-state index in [0.29, 0.717) is 50.5 Å². The van der Waals surface area contributed by atoms with Gasteiger partial charge < -0.3 is 19.9 Å². The van der Waals surface area contributed by atoms with Gasteiger partial charge in [0, 0.05) is 43.2 Å². The summed E-state index contributed by atoms with van der Waals surface area (Å²) >= 11 is 0. The highest BCUT2D eigenvalue weighted by molar-refractivity contribution is 6.01. The lowest BCUT2D eigenvalue weighted by Gasteiger charge is -2.44. The first kappa shape index (κ1) is 29.4. The Labute approximate surface area is 251 Å². The van der Waals surface area contributed by atoms with Crippen LogP contribution < -0.4 is 15.0 Å². The predicted octanol–water partition coefficient (Wildman–Crippen LogP) is 4.42. The summed E-state index contributed by atoms with van der Waals surface area (Å²) in [4.78, 5) is 25.7. The number of nitrogens with zero attached hydrogens (tertiary/aromatic N) is 7. The van der Waals surface area contributed by atoms with E-state index in [4.69, 9.17) is 9.72 Å². The van der Waals surface area contributed by atoms with Crippen LogP contribution in [0.25, 0.3) is 27.7 Å². The Morgan fingerprint density at radius 2 is 1.95 bits per heavy atom. The number of H-pyrrole nitrogens is 1. The van der Waals surface area contributed by atoms with Gasteiger partial charge in [-0.05, 0) is 64.2 Å². The number of ether oxygens (including phenoxy) is 1. The second-order valence-corrected chi connectivity index (χ2v) is 11.2. The quantitative estimate of drug-likeness (QED) is 0.267. The lowest BCUT2D eigenvalue weighted by Crippen LogP contribution is -2.60. The molecular formula is C30H32F3N9O2. The van der Waals surface area contributed by atoms with Crippen molar-refractivity contribution in [3.63, 3.8) is 0 Å². The van der Waals surface area contributed by atoms with Crippen LogP contribution in [0, 0.1) is 0 Å². The predicted molar refractivity (Wildman–Crippen MR) is 159 cm³/mol. The van der Waals surface area contributed by atoms with Gasteiger partial charge in [0.15, 0.2) is 5.65 Å². The highest BCUT2D eigenvalue weighted by Gasteiger charge is 2.40. The lowest BCUT2D eigenvalue weighted by molar-refractivity contribution is -0.138. The maximum Gasteiger partial charge on any atom is 0.418 e. The first-order valence-corrected chi connectivity index (χ1v) is 14.3. The van der Waals surface area contributed by atoms with Crippen molar-refractivity contribution in [2.75, 3.05) is 45.2 Å². The molecule has 2 N–H and O–H groups in total. The average Bonchev–Trinajstić information content (AvgIpc) is 3.58. The molecule has 6 heterocycles. The monoisotopic (exact) mass is 607 g/mol. The molecule has 0 radical (unpaired) electrons. The van der Waals surface area contributed by atoms with Crippen LogP contribution in [0.15, 0.2) is 55.1 Å². The number of carbonyl (C=O) groups excluding carboxylic acids is 1. The second kappa shape index (κ2) is 11.4. The summed E-state index contributed by atoms with van der Waals surface area (Å²) in [5.74, 6) is 0.616. The molecule has 0 spiro atoms. The molecule has 1 amide bonds. The first-order chi connectivity index (χ1) is 21.1. The van der Waals surface area contributed by atoms with Gasteiger partial charge in [-0.3, -0.25) is 14.9 Å². The number of piperidine rings is 1. The third-order valence-electron chi connectivity index (χ3n) is 7.84. The Morgan fingerprint density at radius 1 is 1.16 bits per heavy atom. The molecular weight excluding hydrogens is 575 g/mol. The first-order valence-electron chi connectivity index (χ1n) is 14.3. The van der Waals surface area contributed by atoms with E-state index in [1.807, 2.05) is 56.5 Å². The number of rotatable bonds is 8. The van der Waals surface area contributed by atoms with Crippen molar-refractivity contribution in [3.05, 3.63) is 66.4 Å². The number of alkyl halides is 3. The Morgan fingerprint density at radius 3 is 2.64 bits per heavy atom. The number of carbonyl (C=O) groups is 1. The van der Waals surface area contributed by atoms with E-state index in [-0.39, 0.29) is 0 Å². The van der Waals surface area contributed by atoms with Crippen molar-refractivity contribution in [1.82, 2.24) is 40.0 Å². The minimum Gasteiger partial charge on any atom is -0.492 e. The fourth-order valence-electron chi connectivity index (χ4n) is 5.95. The van der Waals surface area contributed by atoms with Crippen LogP contribution in [0.2, 0.25) is 0 Å². The fourth-order valence-corrected chi connectivity index (χ4v) is 5.95. The van der Waals surface area contributed by atoms with Crippen LogP contribution in [-0.4, -0.2) is 86.5 Å². The third kappa shape index (κ3) is 5.64. The van der Waals surface area contributed by atoms with E-state index in [9.17, 15) is 18.0 Å². The summed E-state index contributed by atoms with van der Waals surface area (Å²) in [6, 6.07) is 7.96. The van der Waals surface area contributed by atoms with Crippen LogP contribution >= 0.6 is 0 Å². The molecule has 0 saturated carbocycles. The van der Waals surface area contributed by atoms with Gasteiger partial charge in [-0.25, -0.2) is 9.50 Å². The fraction of sp³-hybridized carbons (Fsp3) is 0.367. The van der Waals surface area contributed by atoms with E-state index >= 15 is 0 Å². The summed E-state index contributed by atoms with van der Waals surface area (Å²) in [7, 11) is 3.75. The minimum atomic E-state index is -4.68. The molecule has 1 aliphatic heterocycles. The van der Waals surface area contributed by atoms with Crippen molar-refractivity contribution in [2.24, 2.45) is 0 Å². The standard InChI is InChI=1S/C30H32F3N9O2/c1-4-44-20-14-21(26-22-16-36-38-27(22)39-42(26)17-20)19-7-8-24(35-15-19)41-12-9-29(10-13-41,18-40(2)3)37-28(43)25-23(30(31,32)33)6-5-11-34-25/h5-8,11,14-17H,4,9-10,12-13,18H2,1-3H3,(H,37,43)(H,38,39). The number of aromatic amines is 1. The molecule has 230 valence electrons. The van der Waals surface area contributed by atoms with Gasteiger partial charge in [0.25, 0.3) is 5.91 Å². The number of halogens is 3. The van der Waals surface area contributed by atoms with Crippen LogP contribution in [0.4, 0.5) is 19.0 Å². The zero-order valence-electron chi connectivity index (χ0n) is 24.5. The molecule has 11 nitrogen and oxygen atoms in total. The van der Waals surface area contributed by atoms with Crippen LogP contribution in [0.1, 0.15) is 35.8 Å². The molecule has 0 atom stereocenters. The molecule has 5 aromatic heterocycles. The number of likely N-dealkylation sites (N-methyl/N-ethyl adjacent to an activating group) is 1. The molecule has 44 heavy (non-hydrogen) atoms. The van der Waals surface area contributed by atoms with Gasteiger partial charge in [0.2, 0.25) is 0 Å². The summed E-state index contributed by atoms with van der Waals surface area (Å²) in [6.45, 7) is 4.01. The number of hydrogen-bond donors (Lipinski definition) is 2. The minimum absolute atomic E-state index is 0.465. The molecule has 0 bridgehead atoms. The van der Waals surface area contributed by atoms with Crippen LogP contribution in [0.3, 0.4) is 0 Å². The molecule has 6 rings (SSSR count). The Hall–Kier alpha value is -4.72. The Kier molecular flexibility index (Phi) is 7.61. The molecule has 0 aromatic carbocycles. The largest absolute Gasteiger partial charge is 0.492 e. The average molecular weight is 608 g/mol. The van der Waals surface area contributed by atoms with E-state index in [1.54, 1.807) is 10.7 Å². The smallest absolute Gasteiger partial charge is 0.418 e. The van der Waals surface area contributed by atoms with Gasteiger partial charge >= 0.3 is 6.18 Å². The highest BCUT2D eigenvalue weighted by Crippen LogP contribution is 2.35. The highest BCUT2D eigenvalue weighted by atomic mass is 19.4. The third-order valence-corrected chi connectivity index (χ3v) is 7.84. The molecule has 14 heteroatoms. The molecule has 0 aliphatic carbocycles. The van der Waals surface area contributed by atoms with Gasteiger partial charge in [-0.1, -0.05) is 0 Å². The van der Waals surface area contributed by atoms with E-state index in [1.165, 1.54) is 12.3 Å². The lowest BCUT2D eigenvalue weighted by atomic mass is 9.86. The Balaban J connectivity index is 1.22. The summed E-state index contributed by atoms with van der Waals surface area (Å²) in [5, 5.41) is 15.4. The molecule has 5 aromatic rings. The van der Waals surface area contributed by atoms with Crippen molar-refractivity contribution in [2.45, 2.75) is 31.5 Å². The number of pyridine rings is 3. The van der Waals surface area contributed by atoms with Crippen molar-refractivity contribution >= 4 is 28.3 Å². The summed E-state index contributed by atoms with van der Waals surface area (Å²) in [5.41, 5.74) is 0.933. The zero-order valence-corrected chi connectivity index (χ0v) is 24.5. The summed E-state index contributed by atoms with van der Waals surface area (Å²) < 4.78 is 48.3. The van der Waals surface area contributed by atoms with Crippen LogP contribution in [0.5, 0.6) is 5.75 Å². The van der Waals surface area contributed by atoms with E-state index in [2.05, 4.69) is 30.5 Å². The number of amides is 1. The number of aromatic nitrogens is 6. The van der Waals surface area contributed by atoms with Gasteiger partial charge in [0.1, 0.15) is 17.3 Å². The number of anilines is 1. The summed E-state index contributed by atoms with van der Waals surface area (Å²) in [6.07, 6.45) is 2.93. The molecule has 1 saturated heterocycles. The number of hydrogen-bond acceptors (Lipinski definition) is 8. The zero-order chi connectivity index (χ0) is 31.1. The molecule has 0 unspecified atom stereocenters. The van der Waals surface area contributed by atoms with Crippen molar-refractivity contribution in [3.8, 4) is 16.9 Å². The molecule has 1 aliphatic rings. The van der Waals surface area contributed by atoms with Gasteiger partial charge in [0.05, 0.1) is 41.0 Å². The van der Waals surface area contributed by atoms with Gasteiger partial charge in [-0.15, -0.1) is 5.10 Å². The number of fused-ring (bicyclic) bond motifs is 3. The Bertz CT molecular complexity index is 1790. The van der Waals surface area contributed by atoms with E-state index in [0.717, 1.165) is 33.9 Å². The normalized spacial score (nSPS) is 15.3. The molecule has 1 fully saturated rings. The SMILES string of the molecule is CCOc1cc(-c2ccc(N3CCC(CN(C)C)(NC(=O)c4ncccc4C(F)(F)F)CC3)nc2)c2c3cn[nH]c3nn2c1.